The van der Waals surface area contributed by atoms with E-state index in [-0.39, 0.29) is 11.8 Å². The first-order valence-corrected chi connectivity index (χ1v) is 16.1. The maximum atomic E-state index is 13.1. The summed E-state index contributed by atoms with van der Waals surface area (Å²) in [4.78, 5) is 46.5. The summed E-state index contributed by atoms with van der Waals surface area (Å²) < 4.78 is 0. The van der Waals surface area contributed by atoms with Crippen molar-refractivity contribution in [3.05, 3.63) is 120 Å². The molecule has 0 spiro atoms. The molecule has 0 atom stereocenters. The van der Waals surface area contributed by atoms with E-state index in [1.165, 1.54) is 0 Å². The molecule has 46 heavy (non-hydrogen) atoms. The molecule has 8 heteroatoms. The molecule has 0 bridgehead atoms. The number of aromatic nitrogens is 4. The molecule has 2 amide bonds. The molecule has 0 unspecified atom stereocenters. The summed E-state index contributed by atoms with van der Waals surface area (Å²) in [5.74, 6) is 1.74. The summed E-state index contributed by atoms with van der Waals surface area (Å²) in [7, 11) is 0. The van der Waals surface area contributed by atoms with Crippen LogP contribution in [-0.2, 0) is 35.5 Å². The van der Waals surface area contributed by atoms with Gasteiger partial charge in [0.05, 0.1) is 48.0 Å². The normalized spacial score (nSPS) is 11.3. The lowest BCUT2D eigenvalue weighted by Gasteiger charge is -2.21. The third-order valence-electron chi connectivity index (χ3n) is 8.17. The predicted molar refractivity (Wildman–Crippen MR) is 183 cm³/mol. The van der Waals surface area contributed by atoms with Gasteiger partial charge in [-0.2, -0.15) is 0 Å². The smallest absolute Gasteiger partial charge is 0.227 e. The molecule has 2 heterocycles. The second-order valence-electron chi connectivity index (χ2n) is 11.8. The van der Waals surface area contributed by atoms with Gasteiger partial charge >= 0.3 is 0 Å². The minimum absolute atomic E-state index is 0.0965. The second kappa shape index (κ2) is 14.2. The van der Waals surface area contributed by atoms with Gasteiger partial charge in [0, 0.05) is 13.1 Å². The molecule has 0 radical (unpaired) electrons. The van der Waals surface area contributed by atoms with Gasteiger partial charge in [-0.05, 0) is 59.4 Å². The molecule has 0 aliphatic rings. The van der Waals surface area contributed by atoms with Gasteiger partial charge in [-0.1, -0.05) is 86.6 Å². The van der Waals surface area contributed by atoms with Gasteiger partial charge in [-0.15, -0.1) is 0 Å². The first-order chi connectivity index (χ1) is 22.5. The first-order valence-electron chi connectivity index (χ1n) is 16.1. The van der Waals surface area contributed by atoms with E-state index in [4.69, 9.17) is 9.97 Å². The second-order valence-corrected chi connectivity index (χ2v) is 11.8. The molecular weight excluding hydrogens is 572 g/mol. The molecule has 6 aromatic rings. The Balaban J connectivity index is 1.17. The van der Waals surface area contributed by atoms with Gasteiger partial charge in [-0.3, -0.25) is 9.59 Å². The Hall–Kier alpha value is -5.24. The highest BCUT2D eigenvalue weighted by Gasteiger charge is 2.18. The van der Waals surface area contributed by atoms with Crippen LogP contribution in [-0.4, -0.2) is 54.6 Å². The van der Waals surface area contributed by atoms with Crippen LogP contribution in [0.4, 0.5) is 0 Å². The third kappa shape index (κ3) is 7.34. The fourth-order valence-electron chi connectivity index (χ4n) is 5.88. The average Bonchev–Trinajstić information content (AvgIpc) is 3.67. The number of carbonyl (C=O) groups is 2. The standard InChI is InChI=1S/C38H40N6O2/c1-3-19-43(37(45)21-27-11-7-5-8-12-27)25-35-39-31-17-15-29(23-33(31)41-35)30-16-18-32-34(24-30)42-36(40-32)26-44(20-4-2)38(46)22-28-13-9-6-10-14-28/h5-18,23-24H,3-4,19-22,25-26H2,1-2H3,(H,39,41)(H,40,42). The summed E-state index contributed by atoms with van der Waals surface area (Å²) in [6.07, 6.45) is 2.51. The molecule has 2 aromatic heterocycles. The summed E-state index contributed by atoms with van der Waals surface area (Å²) in [6, 6.07) is 32.1. The molecule has 0 saturated carbocycles. The van der Waals surface area contributed by atoms with E-state index < -0.39 is 0 Å². The molecule has 0 saturated heterocycles. The van der Waals surface area contributed by atoms with E-state index in [1.54, 1.807) is 0 Å². The number of nitrogens with one attached hydrogen (secondary N) is 2. The first kappa shape index (κ1) is 30.8. The number of imidazole rings is 2. The number of nitrogens with zero attached hydrogens (tertiary/aromatic N) is 4. The molecule has 0 aliphatic heterocycles. The maximum Gasteiger partial charge on any atom is 0.227 e. The maximum absolute atomic E-state index is 13.1. The third-order valence-corrected chi connectivity index (χ3v) is 8.17. The number of H-pyrrole nitrogens is 2. The number of rotatable bonds is 13. The number of amides is 2. The molecule has 0 fully saturated rings. The van der Waals surface area contributed by atoms with Gasteiger partial charge in [0.25, 0.3) is 0 Å². The van der Waals surface area contributed by atoms with Crippen molar-refractivity contribution in [3.8, 4) is 11.1 Å². The number of hydrogen-bond acceptors (Lipinski definition) is 4. The van der Waals surface area contributed by atoms with Gasteiger partial charge < -0.3 is 19.8 Å². The van der Waals surface area contributed by atoms with E-state index in [2.05, 4.69) is 48.1 Å². The Kier molecular flexibility index (Phi) is 9.53. The molecule has 6 rings (SSSR count). The SMILES string of the molecule is CCCN(Cc1nc2cc(-c3ccc4nc(CN(CCC)C(=O)Cc5ccccc5)[nH]c4c3)ccc2[nH]1)C(=O)Cc1ccccc1. The summed E-state index contributed by atoms with van der Waals surface area (Å²) in [5.41, 5.74) is 7.70. The van der Waals surface area contributed by atoms with Crippen LogP contribution in [0.2, 0.25) is 0 Å². The van der Waals surface area contributed by atoms with Crippen LogP contribution < -0.4 is 0 Å². The fourth-order valence-corrected chi connectivity index (χ4v) is 5.88. The zero-order valence-corrected chi connectivity index (χ0v) is 26.5. The van der Waals surface area contributed by atoms with Crippen LogP contribution in [0.3, 0.4) is 0 Å². The highest BCUT2D eigenvalue weighted by Crippen LogP contribution is 2.27. The average molecular weight is 613 g/mol. The fraction of sp³-hybridized carbons (Fsp3) is 0.263. The molecule has 4 aromatic carbocycles. The van der Waals surface area contributed by atoms with E-state index in [9.17, 15) is 9.59 Å². The van der Waals surface area contributed by atoms with E-state index in [0.29, 0.717) is 39.0 Å². The number of fused-ring (bicyclic) bond motifs is 2. The Morgan fingerprint density at radius 1 is 0.587 bits per heavy atom. The van der Waals surface area contributed by atoms with Crippen LogP contribution >= 0.6 is 0 Å². The van der Waals surface area contributed by atoms with Crippen LogP contribution in [0.25, 0.3) is 33.2 Å². The lowest BCUT2D eigenvalue weighted by Crippen LogP contribution is -2.33. The van der Waals surface area contributed by atoms with Crippen LogP contribution in [0.5, 0.6) is 0 Å². The predicted octanol–water partition coefficient (Wildman–Crippen LogP) is 7.07. The van der Waals surface area contributed by atoms with Crippen LogP contribution in [0.15, 0.2) is 97.1 Å². The van der Waals surface area contributed by atoms with Crippen LogP contribution in [0, 0.1) is 0 Å². The summed E-state index contributed by atoms with van der Waals surface area (Å²) >= 11 is 0. The topological polar surface area (TPSA) is 98.0 Å². The molecule has 8 nitrogen and oxygen atoms in total. The minimum Gasteiger partial charge on any atom is -0.340 e. The Morgan fingerprint density at radius 3 is 1.65 bits per heavy atom. The number of hydrogen-bond donors (Lipinski definition) is 2. The van der Waals surface area contributed by atoms with Crippen molar-refractivity contribution < 1.29 is 9.59 Å². The lowest BCUT2D eigenvalue weighted by atomic mass is 10.0. The van der Waals surface area contributed by atoms with E-state index in [0.717, 1.165) is 68.8 Å². The number of aromatic amines is 2. The van der Waals surface area contributed by atoms with E-state index in [1.807, 2.05) is 82.6 Å². The Labute approximate surface area is 269 Å². The molecular formula is C38H40N6O2. The van der Waals surface area contributed by atoms with Crippen molar-refractivity contribution in [3.63, 3.8) is 0 Å². The minimum atomic E-state index is 0.0965. The Morgan fingerprint density at radius 2 is 1.09 bits per heavy atom. The van der Waals surface area contributed by atoms with E-state index >= 15 is 0 Å². The Bertz CT molecular complexity index is 1790. The van der Waals surface area contributed by atoms with Crippen molar-refractivity contribution in [2.75, 3.05) is 13.1 Å². The van der Waals surface area contributed by atoms with Gasteiger partial charge in [0.1, 0.15) is 11.6 Å². The van der Waals surface area contributed by atoms with Crippen molar-refractivity contribution >= 4 is 33.9 Å². The number of benzene rings is 4. The largest absolute Gasteiger partial charge is 0.340 e. The highest BCUT2D eigenvalue weighted by molar-refractivity contribution is 5.86. The molecule has 234 valence electrons. The zero-order chi connectivity index (χ0) is 31.9. The van der Waals surface area contributed by atoms with Gasteiger partial charge in [-0.25, -0.2) is 9.97 Å². The van der Waals surface area contributed by atoms with Crippen molar-refractivity contribution in [1.29, 1.82) is 0 Å². The van der Waals surface area contributed by atoms with Gasteiger partial charge in [0.2, 0.25) is 11.8 Å². The monoisotopic (exact) mass is 612 g/mol. The van der Waals surface area contributed by atoms with Crippen molar-refractivity contribution in [2.24, 2.45) is 0 Å². The molecule has 0 aliphatic carbocycles. The van der Waals surface area contributed by atoms with Crippen LogP contribution in [0.1, 0.15) is 49.5 Å². The van der Waals surface area contributed by atoms with Gasteiger partial charge in [0.15, 0.2) is 0 Å². The quantitative estimate of drug-likeness (QED) is 0.146. The summed E-state index contributed by atoms with van der Waals surface area (Å²) in [6.45, 7) is 6.40. The number of carbonyl (C=O) groups excluding carboxylic acids is 2. The summed E-state index contributed by atoms with van der Waals surface area (Å²) in [5, 5.41) is 0. The highest BCUT2D eigenvalue weighted by atomic mass is 16.2. The lowest BCUT2D eigenvalue weighted by molar-refractivity contribution is -0.132. The van der Waals surface area contributed by atoms with Crippen molar-refractivity contribution in [1.82, 2.24) is 29.7 Å². The molecule has 2 N–H and O–H groups in total. The zero-order valence-electron chi connectivity index (χ0n) is 26.5. The van der Waals surface area contributed by atoms with Crippen molar-refractivity contribution in [2.45, 2.75) is 52.6 Å².